The van der Waals surface area contributed by atoms with Crippen LogP contribution in [0.1, 0.15) is 45.8 Å². The number of rotatable bonds is 4. The van der Waals surface area contributed by atoms with Crippen molar-refractivity contribution < 1.29 is 4.79 Å². The molecule has 0 aliphatic heterocycles. The Kier molecular flexibility index (Phi) is 4.46. The maximum Gasteiger partial charge on any atom is 0.255 e. The fourth-order valence-corrected chi connectivity index (χ4v) is 3.17. The maximum absolute atomic E-state index is 12.6. The summed E-state index contributed by atoms with van der Waals surface area (Å²) in [5.41, 5.74) is 5.24. The molecule has 2 aromatic heterocycles. The minimum atomic E-state index is 0.0346. The summed E-state index contributed by atoms with van der Waals surface area (Å²) in [7, 11) is 1.84. The van der Waals surface area contributed by atoms with Crippen LogP contribution >= 0.6 is 0 Å². The SMILES string of the molecule is Cc1cc(C)n(CCN(C)C(=O)c2cnc3c(c2)CCCC3)n1. The molecule has 23 heavy (non-hydrogen) atoms. The largest absolute Gasteiger partial charge is 0.340 e. The van der Waals surface area contributed by atoms with E-state index in [9.17, 15) is 4.79 Å². The molecule has 2 heterocycles. The second-order valence-corrected chi connectivity index (χ2v) is 6.41. The van der Waals surface area contributed by atoms with Crippen LogP contribution in [-0.4, -0.2) is 39.2 Å². The number of hydrogen-bond acceptors (Lipinski definition) is 3. The van der Waals surface area contributed by atoms with Crippen LogP contribution in [-0.2, 0) is 19.4 Å². The molecule has 1 aliphatic rings. The van der Waals surface area contributed by atoms with Gasteiger partial charge >= 0.3 is 0 Å². The number of likely N-dealkylation sites (N-methyl/N-ethyl adjacent to an activating group) is 1. The molecule has 0 unspecified atom stereocenters. The van der Waals surface area contributed by atoms with Gasteiger partial charge in [-0.2, -0.15) is 5.10 Å². The Bertz CT molecular complexity index is 720. The van der Waals surface area contributed by atoms with Crippen molar-refractivity contribution in [3.63, 3.8) is 0 Å². The van der Waals surface area contributed by atoms with Gasteiger partial charge < -0.3 is 4.90 Å². The van der Waals surface area contributed by atoms with Crippen LogP contribution in [0, 0.1) is 13.8 Å². The third-order valence-corrected chi connectivity index (χ3v) is 4.51. The van der Waals surface area contributed by atoms with E-state index in [-0.39, 0.29) is 5.91 Å². The Morgan fingerprint density at radius 3 is 2.78 bits per heavy atom. The summed E-state index contributed by atoms with van der Waals surface area (Å²) in [5.74, 6) is 0.0346. The van der Waals surface area contributed by atoms with Crippen molar-refractivity contribution in [2.75, 3.05) is 13.6 Å². The number of nitrogens with zero attached hydrogens (tertiary/aromatic N) is 4. The summed E-state index contributed by atoms with van der Waals surface area (Å²) in [6.45, 7) is 5.37. The van der Waals surface area contributed by atoms with Crippen molar-refractivity contribution in [3.05, 3.63) is 46.5 Å². The van der Waals surface area contributed by atoms with Crippen LogP contribution in [0.3, 0.4) is 0 Å². The van der Waals surface area contributed by atoms with Crippen LogP contribution in [0.25, 0.3) is 0 Å². The zero-order chi connectivity index (χ0) is 16.4. The molecule has 1 amide bonds. The second kappa shape index (κ2) is 6.52. The number of carbonyl (C=O) groups excluding carboxylic acids is 1. The highest BCUT2D eigenvalue weighted by molar-refractivity contribution is 5.94. The van der Waals surface area contributed by atoms with E-state index >= 15 is 0 Å². The Hall–Kier alpha value is -2.17. The number of aryl methyl sites for hydroxylation is 4. The lowest BCUT2D eigenvalue weighted by Gasteiger charge is -2.20. The molecule has 0 radical (unpaired) electrons. The first-order valence-electron chi connectivity index (χ1n) is 8.29. The molecule has 0 atom stereocenters. The minimum Gasteiger partial charge on any atom is -0.340 e. The van der Waals surface area contributed by atoms with Gasteiger partial charge in [-0.05, 0) is 57.2 Å². The lowest BCUT2D eigenvalue weighted by atomic mass is 9.95. The van der Waals surface area contributed by atoms with E-state index in [4.69, 9.17) is 0 Å². The molecule has 0 N–H and O–H groups in total. The molecule has 0 aromatic carbocycles. The third kappa shape index (κ3) is 3.44. The van der Waals surface area contributed by atoms with Gasteiger partial charge in [-0.25, -0.2) is 0 Å². The molecule has 3 rings (SSSR count). The Labute approximate surface area is 137 Å². The van der Waals surface area contributed by atoms with Gasteiger partial charge in [0.2, 0.25) is 0 Å². The molecule has 0 bridgehead atoms. The average molecular weight is 312 g/mol. The van der Waals surface area contributed by atoms with Gasteiger partial charge in [-0.15, -0.1) is 0 Å². The lowest BCUT2D eigenvalue weighted by Crippen LogP contribution is -2.31. The first-order chi connectivity index (χ1) is 11.0. The average Bonchev–Trinajstić information content (AvgIpc) is 2.89. The molecule has 5 nitrogen and oxygen atoms in total. The number of fused-ring (bicyclic) bond motifs is 1. The second-order valence-electron chi connectivity index (χ2n) is 6.41. The lowest BCUT2D eigenvalue weighted by molar-refractivity contribution is 0.0788. The van der Waals surface area contributed by atoms with Crippen molar-refractivity contribution in [1.29, 1.82) is 0 Å². The molecule has 0 spiro atoms. The normalized spacial score (nSPS) is 13.7. The number of amides is 1. The summed E-state index contributed by atoms with van der Waals surface area (Å²) in [5, 5.41) is 4.44. The van der Waals surface area contributed by atoms with Crippen LogP contribution in [0.5, 0.6) is 0 Å². The molecular weight excluding hydrogens is 288 g/mol. The number of aromatic nitrogens is 3. The predicted octanol–water partition coefficient (Wildman–Crippen LogP) is 2.55. The first-order valence-corrected chi connectivity index (χ1v) is 8.29. The van der Waals surface area contributed by atoms with Gasteiger partial charge in [0.15, 0.2) is 0 Å². The van der Waals surface area contributed by atoms with Gasteiger partial charge in [0.1, 0.15) is 0 Å². The van der Waals surface area contributed by atoms with Crippen LogP contribution < -0.4 is 0 Å². The van der Waals surface area contributed by atoms with Crippen molar-refractivity contribution in [2.24, 2.45) is 0 Å². The highest BCUT2D eigenvalue weighted by Crippen LogP contribution is 2.20. The molecule has 0 saturated carbocycles. The molecular formula is C18H24N4O. The fourth-order valence-electron chi connectivity index (χ4n) is 3.17. The maximum atomic E-state index is 12.6. The third-order valence-electron chi connectivity index (χ3n) is 4.51. The van der Waals surface area contributed by atoms with Gasteiger partial charge in [-0.1, -0.05) is 0 Å². The molecule has 0 fully saturated rings. The smallest absolute Gasteiger partial charge is 0.255 e. The van der Waals surface area contributed by atoms with Gasteiger partial charge in [0.05, 0.1) is 17.8 Å². The molecule has 1 aliphatic carbocycles. The molecule has 2 aromatic rings. The topological polar surface area (TPSA) is 51.0 Å². The van der Waals surface area contributed by atoms with Crippen molar-refractivity contribution in [3.8, 4) is 0 Å². The highest BCUT2D eigenvalue weighted by Gasteiger charge is 2.17. The summed E-state index contributed by atoms with van der Waals surface area (Å²) in [6.07, 6.45) is 6.21. The van der Waals surface area contributed by atoms with Crippen LogP contribution in [0.2, 0.25) is 0 Å². The van der Waals surface area contributed by atoms with Crippen LogP contribution in [0.4, 0.5) is 0 Å². The van der Waals surface area contributed by atoms with E-state index in [0.717, 1.165) is 29.9 Å². The number of hydrogen-bond donors (Lipinski definition) is 0. The molecule has 0 saturated heterocycles. The van der Waals surface area contributed by atoms with Crippen molar-refractivity contribution in [2.45, 2.75) is 46.1 Å². The summed E-state index contributed by atoms with van der Waals surface area (Å²) >= 11 is 0. The zero-order valence-electron chi connectivity index (χ0n) is 14.2. The first kappa shape index (κ1) is 15.7. The standard InChI is InChI=1S/C18H24N4O/c1-13-10-14(2)22(20-13)9-8-21(3)18(23)16-11-15-6-4-5-7-17(15)19-12-16/h10-12H,4-9H2,1-3H3. The predicted molar refractivity (Wildman–Crippen MR) is 89.5 cm³/mol. The van der Waals surface area contributed by atoms with Crippen molar-refractivity contribution >= 4 is 5.91 Å². The van der Waals surface area contributed by atoms with E-state index in [1.165, 1.54) is 18.4 Å². The molecule has 5 heteroatoms. The monoisotopic (exact) mass is 312 g/mol. The summed E-state index contributed by atoms with van der Waals surface area (Å²) in [6, 6.07) is 4.08. The highest BCUT2D eigenvalue weighted by atomic mass is 16.2. The zero-order valence-corrected chi connectivity index (χ0v) is 14.2. The minimum absolute atomic E-state index is 0.0346. The quantitative estimate of drug-likeness (QED) is 0.872. The van der Waals surface area contributed by atoms with Gasteiger partial charge in [0, 0.05) is 31.2 Å². The van der Waals surface area contributed by atoms with Crippen LogP contribution in [0.15, 0.2) is 18.3 Å². The van der Waals surface area contributed by atoms with E-state index < -0.39 is 0 Å². The summed E-state index contributed by atoms with van der Waals surface area (Å²) in [4.78, 5) is 18.8. The Morgan fingerprint density at radius 1 is 1.26 bits per heavy atom. The molecule has 122 valence electrons. The van der Waals surface area contributed by atoms with Crippen molar-refractivity contribution in [1.82, 2.24) is 19.7 Å². The number of carbonyl (C=O) groups is 1. The Balaban J connectivity index is 1.66. The van der Waals surface area contributed by atoms with Gasteiger partial charge in [-0.3, -0.25) is 14.5 Å². The van der Waals surface area contributed by atoms with E-state index in [2.05, 4.69) is 16.1 Å². The van der Waals surface area contributed by atoms with Gasteiger partial charge in [0.25, 0.3) is 5.91 Å². The van der Waals surface area contributed by atoms with E-state index in [1.54, 1.807) is 11.1 Å². The Morgan fingerprint density at radius 2 is 2.04 bits per heavy atom. The van der Waals surface area contributed by atoms with E-state index in [1.807, 2.05) is 31.6 Å². The number of pyridine rings is 1. The van der Waals surface area contributed by atoms with E-state index in [0.29, 0.717) is 18.7 Å². The fraction of sp³-hybridized carbons (Fsp3) is 0.500. The summed E-state index contributed by atoms with van der Waals surface area (Å²) < 4.78 is 1.95.